The second-order valence-electron chi connectivity index (χ2n) is 16.8. The number of carbonyl (C=O) groups is 7. The molecule has 6 rings (SSSR count). The average Bonchev–Trinajstić information content (AvgIpc) is 3.82. The molecule has 0 spiro atoms. The summed E-state index contributed by atoms with van der Waals surface area (Å²) < 4.78 is 34.8. The maximum absolute atomic E-state index is 14.2. The number of epoxide rings is 1. The highest BCUT2D eigenvalue weighted by Gasteiger charge is 2.64. The van der Waals surface area contributed by atoms with E-state index >= 15 is 0 Å². The minimum absolute atomic E-state index is 0.0268. The van der Waals surface area contributed by atoms with E-state index in [2.05, 4.69) is 10.6 Å². The number of ether oxygens (including phenoxy) is 6. The Balaban J connectivity index is 1.09. The first-order valence-corrected chi connectivity index (χ1v) is 21.5. The lowest BCUT2D eigenvalue weighted by molar-refractivity contribution is -0.166. The predicted molar refractivity (Wildman–Crippen MR) is 228 cm³/mol. The van der Waals surface area contributed by atoms with Crippen LogP contribution in [0, 0.1) is 11.8 Å². The number of benzene rings is 1. The quantitative estimate of drug-likeness (QED) is 0.111. The Bertz CT molecular complexity index is 2090. The van der Waals surface area contributed by atoms with E-state index in [1.165, 1.54) is 24.0 Å². The van der Waals surface area contributed by atoms with Gasteiger partial charge in [0.05, 0.1) is 50.9 Å². The standard InChI is InChI=1S/C44H56ClN5O14/c1-25-8-7-9-32(60-6)44(58)22-31(62-42(57)47-44)26(2)40-43(3,64-40)33(21-38(55)48(4)29-19-27(18-25)20-30(59-5)39(29)45)63-41(56)28-23-49(24-28)35(52)13-16-61-17-14-46-34(51)12-15-50-36(53)10-11-37(50)54/h7-11,19-20,26,28,31-33,40,58H,12-18,21-24H2,1-6H3,(H,46,51)(H,47,57)/b9-7+,25-8+/t26-,31+,32?,33+,40+,43?,44+/m1/s1. The third-order valence-corrected chi connectivity index (χ3v) is 12.6. The number of halogens is 1. The van der Waals surface area contributed by atoms with Crippen LogP contribution in [-0.4, -0.2) is 153 Å². The molecule has 5 aliphatic heterocycles. The number of fused-ring (bicyclic) bond motifs is 5. The number of imide groups is 1. The van der Waals surface area contributed by atoms with Crippen LogP contribution in [0.25, 0.3) is 0 Å². The topological polar surface area (TPSA) is 232 Å². The largest absolute Gasteiger partial charge is 0.495 e. The van der Waals surface area contributed by atoms with Crippen molar-refractivity contribution in [1.29, 1.82) is 0 Å². The molecule has 6 amide bonds. The monoisotopic (exact) mass is 913 g/mol. The Labute approximate surface area is 375 Å². The minimum Gasteiger partial charge on any atom is -0.495 e. The van der Waals surface area contributed by atoms with E-state index in [0.717, 1.165) is 28.2 Å². The van der Waals surface area contributed by atoms with Crippen LogP contribution in [0.3, 0.4) is 0 Å². The van der Waals surface area contributed by atoms with Crippen molar-refractivity contribution >= 4 is 58.9 Å². The number of alkyl carbamates (subject to hydrolysis) is 1. The van der Waals surface area contributed by atoms with E-state index in [4.69, 9.17) is 40.0 Å². The van der Waals surface area contributed by atoms with Crippen LogP contribution < -0.4 is 20.3 Å². The summed E-state index contributed by atoms with van der Waals surface area (Å²) in [6.07, 6.45) is 3.03. The lowest BCUT2D eigenvalue weighted by Crippen LogP contribution is -2.63. The maximum Gasteiger partial charge on any atom is 0.409 e. The number of hydrogen-bond donors (Lipinski definition) is 3. The number of anilines is 1. The van der Waals surface area contributed by atoms with Gasteiger partial charge in [-0.2, -0.15) is 0 Å². The molecule has 0 radical (unpaired) electrons. The van der Waals surface area contributed by atoms with Gasteiger partial charge in [-0.05, 0) is 38.0 Å². The number of carbonyl (C=O) groups excluding carboxylic acids is 7. The van der Waals surface area contributed by atoms with Crippen LogP contribution >= 0.6 is 11.6 Å². The Morgan fingerprint density at radius 2 is 1.78 bits per heavy atom. The van der Waals surface area contributed by atoms with Gasteiger partial charge in [-0.15, -0.1) is 0 Å². The zero-order chi connectivity index (χ0) is 46.5. The van der Waals surface area contributed by atoms with Crippen LogP contribution in [0.2, 0.25) is 5.02 Å². The number of allylic oxidation sites excluding steroid dienone is 3. The van der Waals surface area contributed by atoms with Gasteiger partial charge in [-0.25, -0.2) is 4.79 Å². The second kappa shape index (κ2) is 20.2. The van der Waals surface area contributed by atoms with Gasteiger partial charge in [0.2, 0.25) is 17.7 Å². The summed E-state index contributed by atoms with van der Waals surface area (Å²) in [5.41, 5.74) is -1.01. The summed E-state index contributed by atoms with van der Waals surface area (Å²) in [6, 6.07) is 3.56. The fourth-order valence-corrected chi connectivity index (χ4v) is 8.62. The van der Waals surface area contributed by atoms with Crippen molar-refractivity contribution in [2.24, 2.45) is 11.8 Å². The fraction of sp³-hybridized carbons (Fsp3) is 0.568. The third kappa shape index (κ3) is 10.9. The van der Waals surface area contributed by atoms with E-state index in [0.29, 0.717) is 17.9 Å². The Kier molecular flexibility index (Phi) is 15.2. The van der Waals surface area contributed by atoms with Crippen LogP contribution in [0.4, 0.5) is 10.5 Å². The van der Waals surface area contributed by atoms with Crippen molar-refractivity contribution in [2.75, 3.05) is 65.6 Å². The van der Waals surface area contributed by atoms with Crippen molar-refractivity contribution in [1.82, 2.24) is 20.4 Å². The molecule has 0 aliphatic carbocycles. The molecule has 1 aromatic rings. The first-order valence-electron chi connectivity index (χ1n) is 21.1. The summed E-state index contributed by atoms with van der Waals surface area (Å²) in [5, 5.41) is 17.1. The van der Waals surface area contributed by atoms with Gasteiger partial charge in [0.15, 0.2) is 5.72 Å². The Hall–Kier alpha value is -5.34. The molecule has 3 N–H and O–H groups in total. The van der Waals surface area contributed by atoms with Crippen LogP contribution in [-0.2, 0) is 58.9 Å². The highest BCUT2D eigenvalue weighted by molar-refractivity contribution is 6.35. The van der Waals surface area contributed by atoms with Crippen LogP contribution in [0.5, 0.6) is 5.75 Å². The Morgan fingerprint density at radius 3 is 2.47 bits per heavy atom. The van der Waals surface area contributed by atoms with Gasteiger partial charge in [0.1, 0.15) is 34.7 Å². The first kappa shape index (κ1) is 48.1. The molecule has 3 fully saturated rings. The first-order chi connectivity index (χ1) is 30.4. The van der Waals surface area contributed by atoms with Crippen LogP contribution in [0.15, 0.2) is 48.1 Å². The van der Waals surface area contributed by atoms with Gasteiger partial charge in [-0.1, -0.05) is 42.3 Å². The smallest absolute Gasteiger partial charge is 0.409 e. The van der Waals surface area contributed by atoms with Gasteiger partial charge in [0.25, 0.3) is 11.8 Å². The molecule has 20 heteroatoms. The van der Waals surface area contributed by atoms with E-state index in [9.17, 15) is 38.7 Å². The van der Waals surface area contributed by atoms with Crippen molar-refractivity contribution in [3.63, 3.8) is 0 Å². The molecule has 1 aromatic carbocycles. The number of esters is 1. The number of nitrogens with zero attached hydrogens (tertiary/aromatic N) is 3. The molecule has 2 unspecified atom stereocenters. The average molecular weight is 914 g/mol. The summed E-state index contributed by atoms with van der Waals surface area (Å²) in [4.78, 5) is 93.0. The van der Waals surface area contributed by atoms with Gasteiger partial charge >= 0.3 is 12.1 Å². The van der Waals surface area contributed by atoms with E-state index in [-0.39, 0.29) is 81.9 Å². The molecule has 7 atom stereocenters. The molecular formula is C44H56ClN5O14. The number of nitrogens with one attached hydrogen (secondary N) is 2. The van der Waals surface area contributed by atoms with E-state index in [1.54, 1.807) is 45.2 Å². The van der Waals surface area contributed by atoms with Gasteiger partial charge in [-0.3, -0.25) is 39.0 Å². The molecule has 0 aromatic heterocycles. The Morgan fingerprint density at radius 1 is 1.06 bits per heavy atom. The zero-order valence-corrected chi connectivity index (χ0v) is 37.5. The van der Waals surface area contributed by atoms with Crippen molar-refractivity contribution in [2.45, 2.75) is 88.6 Å². The van der Waals surface area contributed by atoms with E-state index < -0.39 is 77.4 Å². The summed E-state index contributed by atoms with van der Waals surface area (Å²) in [5.74, 6) is -3.50. The summed E-state index contributed by atoms with van der Waals surface area (Å²) in [6.45, 7) is 5.89. The second-order valence-corrected chi connectivity index (χ2v) is 17.2. The summed E-state index contributed by atoms with van der Waals surface area (Å²) >= 11 is 6.78. The molecular weight excluding hydrogens is 858 g/mol. The number of rotatable bonds is 13. The highest BCUT2D eigenvalue weighted by atomic mass is 35.5. The molecule has 64 heavy (non-hydrogen) atoms. The molecule has 3 saturated heterocycles. The molecule has 5 aliphatic rings. The van der Waals surface area contributed by atoms with Crippen LogP contribution in [0.1, 0.15) is 52.0 Å². The van der Waals surface area contributed by atoms with Crippen molar-refractivity contribution in [3.05, 3.63) is 58.7 Å². The maximum atomic E-state index is 14.2. The number of hydrogen-bond acceptors (Lipinski definition) is 14. The minimum atomic E-state index is -1.85. The third-order valence-electron chi connectivity index (χ3n) is 12.3. The normalized spacial score (nSPS) is 29.8. The SMILES string of the molecule is COc1cc2cc(c1Cl)N(C)C(=O)C[C@H](OC(=O)C1CN(C(=O)CCOCCNC(=O)CCN3C(=O)C=CC3=O)C1)C1(C)O[C@H]1[C@H](C)[C@@H]1C[C@@](O)(NC(=O)O1)C(OC)/C=C/C=C(\C)C2. The lowest BCUT2D eigenvalue weighted by atomic mass is 9.83. The molecule has 348 valence electrons. The van der Waals surface area contributed by atoms with Gasteiger partial charge < -0.3 is 48.6 Å². The van der Waals surface area contributed by atoms with Crippen molar-refractivity contribution < 1.29 is 67.1 Å². The fourth-order valence-electron chi connectivity index (χ4n) is 8.31. The number of aliphatic hydroxyl groups is 1. The summed E-state index contributed by atoms with van der Waals surface area (Å²) in [7, 11) is 4.46. The van der Waals surface area contributed by atoms with Gasteiger partial charge in [0, 0.05) is 71.2 Å². The number of amides is 6. The highest BCUT2D eigenvalue weighted by Crippen LogP contribution is 2.49. The van der Waals surface area contributed by atoms with Crippen molar-refractivity contribution in [3.8, 4) is 5.75 Å². The molecule has 0 saturated carbocycles. The molecule has 19 nitrogen and oxygen atoms in total. The predicted octanol–water partition coefficient (Wildman–Crippen LogP) is 1.96. The van der Waals surface area contributed by atoms with E-state index in [1.807, 2.05) is 13.0 Å². The zero-order valence-electron chi connectivity index (χ0n) is 36.8. The number of likely N-dealkylation sites (tertiary alicyclic amines) is 1. The number of methoxy groups -OCH3 is 2. The lowest BCUT2D eigenvalue weighted by Gasteiger charge is -2.42. The molecule has 4 bridgehead atoms. The molecule has 5 heterocycles.